The van der Waals surface area contributed by atoms with Gasteiger partial charge in [-0.05, 0) is 12.5 Å². The molecule has 0 aliphatic carbocycles. The number of aliphatic hydroxyl groups is 2. The first kappa shape index (κ1) is 15.9. The van der Waals surface area contributed by atoms with E-state index in [0.29, 0.717) is 26.6 Å². The van der Waals surface area contributed by atoms with E-state index in [-0.39, 0.29) is 6.61 Å². The number of thioether (sulfide) groups is 1. The number of hydrogen-bond donors (Lipinski definition) is 3. The van der Waals surface area contributed by atoms with Crippen LogP contribution in [0.4, 0.5) is 5.82 Å². The van der Waals surface area contributed by atoms with Gasteiger partial charge < -0.3 is 15.5 Å². The van der Waals surface area contributed by atoms with Crippen LogP contribution < -0.4 is 5.32 Å². The molecule has 1 aromatic rings. The molecule has 0 aromatic carbocycles. The summed E-state index contributed by atoms with van der Waals surface area (Å²) in [6.45, 7) is 2.54. The largest absolute Gasteiger partial charge is 0.394 e. The maximum Gasteiger partial charge on any atom is 0.146 e. The third kappa shape index (κ3) is 4.82. The molecule has 0 bridgehead atoms. The fourth-order valence-corrected chi connectivity index (χ4v) is 2.54. The first-order chi connectivity index (χ1) is 8.58. The first-order valence-electron chi connectivity index (χ1n) is 5.60. The van der Waals surface area contributed by atoms with Crippen molar-refractivity contribution in [1.82, 2.24) is 4.98 Å². The molecule has 1 unspecified atom stereocenters. The van der Waals surface area contributed by atoms with Crippen molar-refractivity contribution in [3.63, 3.8) is 0 Å². The normalized spacial score (nSPS) is 12.5. The molecule has 1 heterocycles. The number of halogens is 2. The summed E-state index contributed by atoms with van der Waals surface area (Å²) in [5.41, 5.74) is 0. The van der Waals surface area contributed by atoms with Crippen LogP contribution >= 0.6 is 35.0 Å². The Kier molecular flexibility index (Phi) is 7.11. The van der Waals surface area contributed by atoms with Crippen LogP contribution in [-0.4, -0.2) is 40.2 Å². The van der Waals surface area contributed by atoms with E-state index >= 15 is 0 Å². The maximum atomic E-state index is 9.29. The van der Waals surface area contributed by atoms with Crippen molar-refractivity contribution in [2.24, 2.45) is 0 Å². The Morgan fingerprint density at radius 1 is 1.44 bits per heavy atom. The number of aromatic nitrogens is 1. The molecule has 0 radical (unpaired) electrons. The van der Waals surface area contributed by atoms with Crippen molar-refractivity contribution in [2.75, 3.05) is 24.2 Å². The Hall–Kier alpha value is -0.200. The second-order valence-corrected chi connectivity index (χ2v) is 5.50. The topological polar surface area (TPSA) is 65.4 Å². The second-order valence-electron chi connectivity index (χ2n) is 3.68. The van der Waals surface area contributed by atoms with Gasteiger partial charge in [-0.15, -0.1) is 11.8 Å². The number of nitrogens with zero attached hydrogens (tertiary/aromatic N) is 1. The monoisotopic (exact) mass is 310 g/mol. The fraction of sp³-hybridized carbons (Fsp3) is 0.545. The highest BCUT2D eigenvalue weighted by Crippen LogP contribution is 2.32. The number of anilines is 1. The number of pyridine rings is 1. The highest BCUT2D eigenvalue weighted by molar-refractivity contribution is 7.99. The summed E-state index contributed by atoms with van der Waals surface area (Å²) in [4.78, 5) is 4.31. The Labute approximate surface area is 121 Å². The molecule has 0 aliphatic heterocycles. The van der Waals surface area contributed by atoms with E-state index in [4.69, 9.17) is 28.3 Å². The van der Waals surface area contributed by atoms with Crippen molar-refractivity contribution >= 4 is 40.8 Å². The van der Waals surface area contributed by atoms with Crippen LogP contribution in [0, 0.1) is 0 Å². The second kappa shape index (κ2) is 8.07. The van der Waals surface area contributed by atoms with Crippen LogP contribution in [0.3, 0.4) is 0 Å². The summed E-state index contributed by atoms with van der Waals surface area (Å²) in [5.74, 6) is 0.918. The smallest absolute Gasteiger partial charge is 0.146 e. The van der Waals surface area contributed by atoms with Gasteiger partial charge in [0, 0.05) is 12.3 Å². The van der Waals surface area contributed by atoms with E-state index in [1.807, 2.05) is 6.92 Å². The third-order valence-corrected chi connectivity index (χ3v) is 3.89. The Balaban J connectivity index is 2.77. The Bertz CT molecular complexity index is 394. The van der Waals surface area contributed by atoms with Gasteiger partial charge >= 0.3 is 0 Å². The van der Waals surface area contributed by atoms with Crippen molar-refractivity contribution in [3.05, 3.63) is 16.1 Å². The highest BCUT2D eigenvalue weighted by atomic mass is 35.5. The molecule has 0 saturated carbocycles. The molecule has 7 heteroatoms. The predicted molar refractivity (Wildman–Crippen MR) is 76.9 cm³/mol. The summed E-state index contributed by atoms with van der Waals surface area (Å²) in [5, 5.41) is 22.6. The molecule has 102 valence electrons. The van der Waals surface area contributed by atoms with E-state index in [2.05, 4.69) is 10.3 Å². The molecular weight excluding hydrogens is 295 g/mol. The van der Waals surface area contributed by atoms with Crippen molar-refractivity contribution < 1.29 is 10.2 Å². The molecule has 1 rings (SSSR count). The zero-order valence-corrected chi connectivity index (χ0v) is 12.3. The van der Waals surface area contributed by atoms with Gasteiger partial charge in [0.2, 0.25) is 0 Å². The summed E-state index contributed by atoms with van der Waals surface area (Å²) >= 11 is 13.3. The minimum atomic E-state index is -0.782. The molecule has 18 heavy (non-hydrogen) atoms. The molecule has 4 nitrogen and oxygen atoms in total. The molecule has 0 amide bonds. The average molecular weight is 311 g/mol. The molecule has 0 fully saturated rings. The van der Waals surface area contributed by atoms with E-state index in [0.717, 1.165) is 13.0 Å². The van der Waals surface area contributed by atoms with E-state index in [1.54, 1.807) is 6.07 Å². The number of hydrogen-bond acceptors (Lipinski definition) is 5. The van der Waals surface area contributed by atoms with Gasteiger partial charge in [-0.3, -0.25) is 0 Å². The van der Waals surface area contributed by atoms with Crippen LogP contribution in [0.25, 0.3) is 0 Å². The minimum absolute atomic E-state index is 0.279. The predicted octanol–water partition coefficient (Wildman–Crippen LogP) is 2.66. The summed E-state index contributed by atoms with van der Waals surface area (Å²) < 4.78 is 0. The molecule has 0 aliphatic rings. The van der Waals surface area contributed by atoms with Crippen LogP contribution in [0.5, 0.6) is 0 Å². The van der Waals surface area contributed by atoms with E-state index in [1.165, 1.54) is 11.8 Å². The highest BCUT2D eigenvalue weighted by Gasteiger charge is 2.11. The number of rotatable bonds is 7. The molecule has 1 atom stereocenters. The summed E-state index contributed by atoms with van der Waals surface area (Å²) in [6.07, 6.45) is 0.183. The van der Waals surface area contributed by atoms with Crippen molar-refractivity contribution in [3.8, 4) is 0 Å². The number of aliphatic hydroxyl groups excluding tert-OH is 2. The van der Waals surface area contributed by atoms with E-state index < -0.39 is 6.10 Å². The molecule has 0 saturated heterocycles. The standard InChI is InChI=1S/C11H16Cl2N2O2S/c1-2-3-14-10-8(12)4-9(13)11(15-10)18-6-7(17)5-16/h4,7,16-17H,2-3,5-6H2,1H3,(H,14,15). The lowest BCUT2D eigenvalue weighted by atomic mass is 10.4. The maximum absolute atomic E-state index is 9.29. The van der Waals surface area contributed by atoms with Crippen LogP contribution in [0.2, 0.25) is 10.0 Å². The molecule has 0 spiro atoms. The molecule has 1 aromatic heterocycles. The number of nitrogens with one attached hydrogen (secondary N) is 1. The summed E-state index contributed by atoms with van der Waals surface area (Å²) in [7, 11) is 0. The van der Waals surface area contributed by atoms with Crippen LogP contribution in [0.1, 0.15) is 13.3 Å². The third-order valence-electron chi connectivity index (χ3n) is 2.06. The average Bonchev–Trinajstić information content (AvgIpc) is 2.36. The van der Waals surface area contributed by atoms with Gasteiger partial charge in [0.05, 0.1) is 22.8 Å². The van der Waals surface area contributed by atoms with Gasteiger partial charge in [0.1, 0.15) is 10.8 Å². The van der Waals surface area contributed by atoms with Gasteiger partial charge in [-0.1, -0.05) is 30.1 Å². The van der Waals surface area contributed by atoms with Crippen molar-refractivity contribution in [2.45, 2.75) is 24.5 Å². The van der Waals surface area contributed by atoms with Gasteiger partial charge in [-0.2, -0.15) is 0 Å². The molecule has 3 N–H and O–H groups in total. The first-order valence-corrected chi connectivity index (χ1v) is 7.34. The fourth-order valence-electron chi connectivity index (χ4n) is 1.15. The minimum Gasteiger partial charge on any atom is -0.394 e. The summed E-state index contributed by atoms with van der Waals surface area (Å²) in [6, 6.07) is 1.63. The van der Waals surface area contributed by atoms with Gasteiger partial charge in [-0.25, -0.2) is 4.98 Å². The zero-order valence-electron chi connectivity index (χ0n) is 9.99. The zero-order chi connectivity index (χ0) is 13.5. The Morgan fingerprint density at radius 2 is 2.17 bits per heavy atom. The lowest BCUT2D eigenvalue weighted by Crippen LogP contribution is -2.14. The quantitative estimate of drug-likeness (QED) is 0.676. The lowest BCUT2D eigenvalue weighted by molar-refractivity contribution is 0.113. The van der Waals surface area contributed by atoms with Crippen LogP contribution in [-0.2, 0) is 0 Å². The van der Waals surface area contributed by atoms with Gasteiger partial charge in [0.25, 0.3) is 0 Å². The van der Waals surface area contributed by atoms with Crippen molar-refractivity contribution in [1.29, 1.82) is 0 Å². The lowest BCUT2D eigenvalue weighted by Gasteiger charge is -2.11. The van der Waals surface area contributed by atoms with Gasteiger partial charge in [0.15, 0.2) is 0 Å². The SMILES string of the molecule is CCCNc1nc(SCC(O)CO)c(Cl)cc1Cl. The molecular formula is C11H16Cl2N2O2S. The van der Waals surface area contributed by atoms with E-state index in [9.17, 15) is 5.11 Å². The van der Waals surface area contributed by atoms with Crippen LogP contribution in [0.15, 0.2) is 11.1 Å². The Morgan fingerprint density at radius 3 is 2.78 bits per heavy atom.